The van der Waals surface area contributed by atoms with Crippen LogP contribution in [0.3, 0.4) is 0 Å². The van der Waals surface area contributed by atoms with E-state index in [1.54, 1.807) is 29.0 Å². The van der Waals surface area contributed by atoms with Gasteiger partial charge >= 0.3 is 12.1 Å². The second kappa shape index (κ2) is 9.32. The maximum absolute atomic E-state index is 12.8. The van der Waals surface area contributed by atoms with Crippen molar-refractivity contribution in [1.82, 2.24) is 15.1 Å². The van der Waals surface area contributed by atoms with Crippen LogP contribution in [0.15, 0.2) is 24.3 Å². The third kappa shape index (κ3) is 5.51. The van der Waals surface area contributed by atoms with Crippen LogP contribution < -0.4 is 15.4 Å². The largest absolute Gasteiger partial charge is 0.497 e. The van der Waals surface area contributed by atoms with Crippen molar-refractivity contribution in [1.29, 1.82) is 0 Å². The molecular weight excluding hydrogens is 376 g/mol. The fourth-order valence-electron chi connectivity index (χ4n) is 3.46. The fraction of sp³-hybridized carbons (Fsp3) is 0.600. The summed E-state index contributed by atoms with van der Waals surface area (Å²) < 4.78 is 17.2. The van der Waals surface area contributed by atoms with Gasteiger partial charge in [0.1, 0.15) is 5.75 Å². The summed E-state index contributed by atoms with van der Waals surface area (Å²) in [7, 11) is 1.58. The molecule has 0 bridgehead atoms. The monoisotopic (exact) mass is 406 g/mol. The fourth-order valence-corrected chi connectivity index (χ4v) is 3.46. The van der Waals surface area contributed by atoms with Crippen molar-refractivity contribution in [2.24, 2.45) is 0 Å². The van der Waals surface area contributed by atoms with E-state index in [9.17, 15) is 9.59 Å². The lowest BCUT2D eigenvalue weighted by atomic mass is 10.2. The lowest BCUT2D eigenvalue weighted by molar-refractivity contribution is -0.258. The number of rotatable bonds is 3. The first kappa shape index (κ1) is 21.2. The molecule has 0 aromatic heterocycles. The van der Waals surface area contributed by atoms with E-state index in [0.29, 0.717) is 44.2 Å². The minimum Gasteiger partial charge on any atom is -0.497 e. The predicted octanol–water partition coefficient (Wildman–Crippen LogP) is 2.10. The van der Waals surface area contributed by atoms with E-state index in [-0.39, 0.29) is 31.2 Å². The van der Waals surface area contributed by atoms with Gasteiger partial charge < -0.3 is 34.6 Å². The molecule has 0 aliphatic carbocycles. The Morgan fingerprint density at radius 3 is 2.55 bits per heavy atom. The van der Waals surface area contributed by atoms with Crippen molar-refractivity contribution >= 4 is 17.7 Å². The highest BCUT2D eigenvalue weighted by Crippen LogP contribution is 2.25. The zero-order valence-corrected chi connectivity index (χ0v) is 17.3. The Labute approximate surface area is 171 Å². The zero-order chi connectivity index (χ0) is 20.9. The minimum absolute atomic E-state index is 0.0417. The molecule has 2 aliphatic rings. The van der Waals surface area contributed by atoms with Gasteiger partial charge in [-0.25, -0.2) is 9.59 Å². The first-order valence-corrected chi connectivity index (χ1v) is 9.94. The summed E-state index contributed by atoms with van der Waals surface area (Å²) in [5.74, 6) is -0.352. The number of nitrogens with zero attached hydrogens (tertiary/aromatic N) is 2. The molecule has 3 rings (SSSR count). The van der Waals surface area contributed by atoms with Crippen molar-refractivity contribution in [2.45, 2.75) is 32.1 Å². The number of benzene rings is 1. The van der Waals surface area contributed by atoms with Crippen LogP contribution in [0, 0.1) is 0 Å². The smallest absolute Gasteiger partial charge is 0.322 e. The van der Waals surface area contributed by atoms with Gasteiger partial charge in [0.2, 0.25) is 5.79 Å². The van der Waals surface area contributed by atoms with E-state index in [1.807, 2.05) is 26.0 Å². The van der Waals surface area contributed by atoms with Crippen molar-refractivity contribution in [2.75, 3.05) is 51.8 Å². The number of hydrogen-bond donors (Lipinski definition) is 2. The number of hydrogen-bond acceptors (Lipinski definition) is 5. The number of amides is 4. The van der Waals surface area contributed by atoms with Crippen LogP contribution >= 0.6 is 0 Å². The van der Waals surface area contributed by atoms with Crippen molar-refractivity contribution < 1.29 is 23.8 Å². The Morgan fingerprint density at radius 1 is 1.10 bits per heavy atom. The number of ether oxygens (including phenoxy) is 3. The lowest BCUT2D eigenvalue weighted by Crippen LogP contribution is -2.61. The Kier molecular flexibility index (Phi) is 6.81. The standard InChI is InChI=1S/C20H30N4O5/c1-15(2)21-18(25)23-8-5-10-28-20(13-23)14-24(9-11-29-20)19(26)22-16-6-4-7-17(12-16)27-3/h4,6-7,12,15H,5,8-11,13-14H2,1-3H3,(H,21,25)(H,22,26). The molecule has 4 amide bonds. The van der Waals surface area contributed by atoms with Gasteiger partial charge in [-0.15, -0.1) is 0 Å². The predicted molar refractivity (Wildman–Crippen MR) is 108 cm³/mol. The Bertz CT molecular complexity index is 729. The molecule has 160 valence electrons. The summed E-state index contributed by atoms with van der Waals surface area (Å²) in [6.45, 7) is 6.19. The molecule has 2 saturated heterocycles. The van der Waals surface area contributed by atoms with Gasteiger partial charge in [0.15, 0.2) is 0 Å². The third-order valence-corrected chi connectivity index (χ3v) is 4.83. The quantitative estimate of drug-likeness (QED) is 0.802. The van der Waals surface area contributed by atoms with Crippen LogP contribution in [0.5, 0.6) is 5.75 Å². The van der Waals surface area contributed by atoms with Gasteiger partial charge in [0.25, 0.3) is 0 Å². The average molecular weight is 406 g/mol. The number of methoxy groups -OCH3 is 1. The summed E-state index contributed by atoms with van der Waals surface area (Å²) in [5, 5.41) is 5.80. The molecule has 1 aromatic carbocycles. The van der Waals surface area contributed by atoms with E-state index in [2.05, 4.69) is 10.6 Å². The zero-order valence-electron chi connectivity index (χ0n) is 17.3. The molecule has 1 atom stereocenters. The molecule has 0 saturated carbocycles. The number of nitrogens with one attached hydrogen (secondary N) is 2. The van der Waals surface area contributed by atoms with Gasteiger partial charge in [-0.1, -0.05) is 6.07 Å². The SMILES string of the molecule is COc1cccc(NC(=O)N2CCOC3(C2)CN(C(=O)NC(C)C)CCCO3)c1. The Morgan fingerprint density at radius 2 is 1.83 bits per heavy atom. The summed E-state index contributed by atoms with van der Waals surface area (Å²) in [5.41, 5.74) is 0.648. The highest BCUT2D eigenvalue weighted by atomic mass is 16.7. The van der Waals surface area contributed by atoms with E-state index in [4.69, 9.17) is 14.2 Å². The van der Waals surface area contributed by atoms with E-state index < -0.39 is 5.79 Å². The number of carbonyl (C=O) groups is 2. The second-order valence-corrected chi connectivity index (χ2v) is 7.57. The first-order chi connectivity index (χ1) is 13.9. The molecule has 2 N–H and O–H groups in total. The van der Waals surface area contributed by atoms with Crippen LogP contribution in [0.4, 0.5) is 15.3 Å². The van der Waals surface area contributed by atoms with E-state index >= 15 is 0 Å². The lowest BCUT2D eigenvalue weighted by Gasteiger charge is -2.43. The highest BCUT2D eigenvalue weighted by Gasteiger charge is 2.43. The van der Waals surface area contributed by atoms with Gasteiger partial charge in [0.05, 0.1) is 33.4 Å². The molecule has 2 fully saturated rings. The third-order valence-electron chi connectivity index (χ3n) is 4.83. The van der Waals surface area contributed by atoms with E-state index in [1.165, 1.54) is 0 Å². The summed E-state index contributed by atoms with van der Waals surface area (Å²) in [6, 6.07) is 6.84. The van der Waals surface area contributed by atoms with Crippen molar-refractivity contribution in [3.8, 4) is 5.75 Å². The molecule has 9 heteroatoms. The summed E-state index contributed by atoms with van der Waals surface area (Å²) >= 11 is 0. The van der Waals surface area contributed by atoms with Crippen LogP contribution in [-0.4, -0.2) is 80.2 Å². The number of morpholine rings is 1. The number of carbonyl (C=O) groups excluding carboxylic acids is 2. The van der Waals surface area contributed by atoms with Crippen molar-refractivity contribution in [3.63, 3.8) is 0 Å². The van der Waals surface area contributed by atoms with Crippen LogP contribution in [0.25, 0.3) is 0 Å². The van der Waals surface area contributed by atoms with Crippen LogP contribution in [-0.2, 0) is 9.47 Å². The molecule has 2 heterocycles. The maximum atomic E-state index is 12.8. The highest BCUT2D eigenvalue weighted by molar-refractivity contribution is 5.89. The topological polar surface area (TPSA) is 92.4 Å². The van der Waals surface area contributed by atoms with Gasteiger partial charge in [-0.05, 0) is 32.4 Å². The molecule has 1 unspecified atom stereocenters. The molecule has 2 aliphatic heterocycles. The molecule has 1 aromatic rings. The maximum Gasteiger partial charge on any atom is 0.322 e. The molecule has 29 heavy (non-hydrogen) atoms. The summed E-state index contributed by atoms with van der Waals surface area (Å²) in [4.78, 5) is 28.7. The van der Waals surface area contributed by atoms with Gasteiger partial charge in [-0.2, -0.15) is 0 Å². The van der Waals surface area contributed by atoms with E-state index in [0.717, 1.165) is 0 Å². The van der Waals surface area contributed by atoms with Crippen LogP contribution in [0.1, 0.15) is 20.3 Å². The molecule has 0 radical (unpaired) electrons. The number of urea groups is 2. The molecule has 1 spiro atoms. The Balaban J connectivity index is 1.67. The Hall–Kier alpha value is -2.52. The van der Waals surface area contributed by atoms with Crippen LogP contribution in [0.2, 0.25) is 0 Å². The minimum atomic E-state index is -1.02. The first-order valence-electron chi connectivity index (χ1n) is 9.94. The van der Waals surface area contributed by atoms with Gasteiger partial charge in [0, 0.05) is 30.9 Å². The normalized spacial score (nSPS) is 22.3. The number of anilines is 1. The molecular formula is C20H30N4O5. The second-order valence-electron chi connectivity index (χ2n) is 7.57. The average Bonchev–Trinajstić information content (AvgIpc) is 2.90. The van der Waals surface area contributed by atoms with Crippen molar-refractivity contribution in [3.05, 3.63) is 24.3 Å². The molecule has 9 nitrogen and oxygen atoms in total. The van der Waals surface area contributed by atoms with Gasteiger partial charge in [-0.3, -0.25) is 0 Å². The summed E-state index contributed by atoms with van der Waals surface area (Å²) in [6.07, 6.45) is 0.715.